The first-order valence-corrected chi connectivity index (χ1v) is 11.1. The first-order chi connectivity index (χ1) is 16.8. The molecule has 8 nitrogen and oxygen atoms in total. The molecule has 1 aliphatic rings. The van der Waals surface area contributed by atoms with Gasteiger partial charge in [-0.05, 0) is 35.7 Å². The number of pyridine rings is 1. The molecule has 34 heavy (non-hydrogen) atoms. The summed E-state index contributed by atoms with van der Waals surface area (Å²) in [5, 5.41) is 9.14. The lowest BCUT2D eigenvalue weighted by molar-refractivity contribution is -0.121. The van der Waals surface area contributed by atoms with Crippen molar-refractivity contribution in [2.24, 2.45) is 0 Å². The van der Waals surface area contributed by atoms with Crippen molar-refractivity contribution in [3.8, 4) is 23.1 Å². The van der Waals surface area contributed by atoms with Gasteiger partial charge in [0.2, 0.25) is 6.41 Å². The Labute approximate surface area is 195 Å². The van der Waals surface area contributed by atoms with E-state index in [2.05, 4.69) is 44.2 Å². The number of carbonyl (C=O) groups excluding carboxylic acids is 1. The monoisotopic (exact) mass is 447 g/mol. The Morgan fingerprint density at radius 3 is 2.82 bits per heavy atom. The summed E-state index contributed by atoms with van der Waals surface area (Å²) < 4.78 is 1.77. The van der Waals surface area contributed by atoms with Gasteiger partial charge in [0.15, 0.2) is 5.65 Å². The molecule has 1 saturated heterocycles. The molecule has 1 fully saturated rings. The van der Waals surface area contributed by atoms with Crippen LogP contribution in [0.5, 0.6) is 0 Å². The van der Waals surface area contributed by atoms with E-state index >= 15 is 0 Å². The summed E-state index contributed by atoms with van der Waals surface area (Å²) in [4.78, 5) is 25.1. The van der Waals surface area contributed by atoms with Crippen LogP contribution in [0.15, 0.2) is 67.1 Å². The molecule has 0 aliphatic carbocycles. The molecule has 0 bridgehead atoms. The maximum Gasteiger partial charge on any atom is 0.210 e. The smallest absolute Gasteiger partial charge is 0.210 e. The molecule has 1 aromatic carbocycles. The van der Waals surface area contributed by atoms with Crippen LogP contribution in [-0.4, -0.2) is 55.5 Å². The SMILES string of the molecule is O=CN1CCNCC1c1ccc(-c2ccc3ncc(C#Cc4ccnc5[nH]ccc45)n3n2)cc1. The van der Waals surface area contributed by atoms with E-state index in [1.807, 2.05) is 47.5 Å². The summed E-state index contributed by atoms with van der Waals surface area (Å²) >= 11 is 0. The third kappa shape index (κ3) is 3.58. The Balaban J connectivity index is 1.32. The summed E-state index contributed by atoms with van der Waals surface area (Å²) in [5.74, 6) is 6.44. The number of hydrogen-bond acceptors (Lipinski definition) is 5. The molecule has 1 unspecified atom stereocenters. The lowest BCUT2D eigenvalue weighted by Gasteiger charge is -2.33. The fourth-order valence-electron chi connectivity index (χ4n) is 4.35. The zero-order chi connectivity index (χ0) is 22.9. The van der Waals surface area contributed by atoms with E-state index in [0.717, 1.165) is 58.6 Å². The topological polar surface area (TPSA) is 91.2 Å². The molecule has 5 aromatic rings. The Kier molecular flexibility index (Phi) is 5.02. The highest BCUT2D eigenvalue weighted by atomic mass is 16.1. The number of nitrogens with zero attached hydrogens (tertiary/aromatic N) is 5. The van der Waals surface area contributed by atoms with Crippen molar-refractivity contribution in [2.75, 3.05) is 19.6 Å². The predicted octanol–water partition coefficient (Wildman–Crippen LogP) is 2.78. The van der Waals surface area contributed by atoms with Gasteiger partial charge in [-0.15, -0.1) is 0 Å². The van der Waals surface area contributed by atoms with Gasteiger partial charge >= 0.3 is 0 Å². The number of carbonyl (C=O) groups is 1. The minimum absolute atomic E-state index is 0.0472. The Morgan fingerprint density at radius 1 is 1.03 bits per heavy atom. The van der Waals surface area contributed by atoms with Gasteiger partial charge in [-0.1, -0.05) is 30.2 Å². The average Bonchev–Trinajstić information content (AvgIpc) is 3.54. The van der Waals surface area contributed by atoms with Crippen LogP contribution < -0.4 is 5.32 Å². The molecule has 8 heteroatoms. The number of hydrogen-bond donors (Lipinski definition) is 2. The molecule has 0 radical (unpaired) electrons. The summed E-state index contributed by atoms with van der Waals surface area (Å²) in [6, 6.07) is 16.0. The highest BCUT2D eigenvalue weighted by Gasteiger charge is 2.22. The second-order valence-corrected chi connectivity index (χ2v) is 8.17. The largest absolute Gasteiger partial charge is 0.346 e. The third-order valence-corrected chi connectivity index (χ3v) is 6.16. The number of benzene rings is 1. The number of nitrogens with one attached hydrogen (secondary N) is 2. The summed E-state index contributed by atoms with van der Waals surface area (Å²) in [7, 11) is 0. The number of fused-ring (bicyclic) bond motifs is 2. The van der Waals surface area contributed by atoms with Gasteiger partial charge in [-0.2, -0.15) is 5.10 Å². The van der Waals surface area contributed by atoms with Crippen molar-refractivity contribution >= 4 is 23.1 Å². The van der Waals surface area contributed by atoms with Gasteiger partial charge in [-0.3, -0.25) is 4.79 Å². The zero-order valence-electron chi connectivity index (χ0n) is 18.3. The van der Waals surface area contributed by atoms with Crippen molar-refractivity contribution in [1.82, 2.24) is 34.8 Å². The van der Waals surface area contributed by atoms with Crippen molar-refractivity contribution < 1.29 is 4.79 Å². The molecule has 2 N–H and O–H groups in total. The van der Waals surface area contributed by atoms with E-state index in [1.54, 1.807) is 16.9 Å². The number of imidazole rings is 1. The second kappa shape index (κ2) is 8.46. The van der Waals surface area contributed by atoms with E-state index in [9.17, 15) is 4.79 Å². The highest BCUT2D eigenvalue weighted by molar-refractivity contribution is 5.82. The van der Waals surface area contributed by atoms with E-state index < -0.39 is 0 Å². The van der Waals surface area contributed by atoms with Crippen LogP contribution in [0.25, 0.3) is 27.9 Å². The van der Waals surface area contributed by atoms with E-state index in [4.69, 9.17) is 5.10 Å². The lowest BCUT2D eigenvalue weighted by Crippen LogP contribution is -2.45. The van der Waals surface area contributed by atoms with Crippen LogP contribution in [0.1, 0.15) is 22.9 Å². The molecule has 1 amide bonds. The van der Waals surface area contributed by atoms with E-state index in [-0.39, 0.29) is 6.04 Å². The van der Waals surface area contributed by atoms with Crippen LogP contribution in [0.3, 0.4) is 0 Å². The van der Waals surface area contributed by atoms with Gasteiger partial charge in [0, 0.05) is 48.5 Å². The first kappa shape index (κ1) is 20.1. The molecule has 1 aliphatic heterocycles. The predicted molar refractivity (Wildman–Crippen MR) is 129 cm³/mol. The van der Waals surface area contributed by atoms with Gasteiger partial charge in [0.05, 0.1) is 17.9 Å². The Morgan fingerprint density at radius 2 is 1.94 bits per heavy atom. The van der Waals surface area contributed by atoms with Crippen LogP contribution in [0.4, 0.5) is 0 Å². The molecule has 6 rings (SSSR count). The maximum atomic E-state index is 11.4. The minimum Gasteiger partial charge on any atom is -0.346 e. The highest BCUT2D eigenvalue weighted by Crippen LogP contribution is 2.25. The van der Waals surface area contributed by atoms with Crippen molar-refractivity contribution in [1.29, 1.82) is 0 Å². The summed E-state index contributed by atoms with van der Waals surface area (Å²) in [5.41, 5.74) is 6.08. The maximum absolute atomic E-state index is 11.4. The number of aromatic amines is 1. The second-order valence-electron chi connectivity index (χ2n) is 8.17. The van der Waals surface area contributed by atoms with Crippen LogP contribution in [-0.2, 0) is 4.79 Å². The zero-order valence-corrected chi connectivity index (χ0v) is 18.3. The van der Waals surface area contributed by atoms with E-state index in [0.29, 0.717) is 12.2 Å². The van der Waals surface area contributed by atoms with Crippen LogP contribution in [0.2, 0.25) is 0 Å². The molecular weight excluding hydrogens is 426 g/mol. The van der Waals surface area contributed by atoms with Gasteiger partial charge in [0.1, 0.15) is 11.3 Å². The van der Waals surface area contributed by atoms with Crippen molar-refractivity contribution in [3.05, 3.63) is 83.9 Å². The first-order valence-electron chi connectivity index (χ1n) is 11.1. The fourth-order valence-corrected chi connectivity index (χ4v) is 4.35. The summed E-state index contributed by atoms with van der Waals surface area (Å²) in [6.45, 7) is 2.30. The fraction of sp³-hybridized carbons (Fsp3) is 0.154. The standard InChI is InChI=1S/C26H21N7O/c34-17-32-14-13-27-16-24(32)20-3-1-19(2-4-20)23-7-8-25-30-15-21(33(25)31-23)6-5-18-9-11-28-26-22(18)10-12-29-26/h1-4,7-12,15,17,24,27H,13-14,16H2,(H,28,29). The lowest BCUT2D eigenvalue weighted by atomic mass is 10.0. The van der Waals surface area contributed by atoms with Gasteiger partial charge in [0.25, 0.3) is 0 Å². The molecule has 1 atom stereocenters. The number of amides is 1. The molecule has 166 valence electrons. The van der Waals surface area contributed by atoms with Crippen LogP contribution in [0, 0.1) is 11.8 Å². The minimum atomic E-state index is 0.0472. The quantitative estimate of drug-likeness (QED) is 0.328. The van der Waals surface area contributed by atoms with Gasteiger partial charge < -0.3 is 15.2 Å². The number of aromatic nitrogens is 5. The molecule has 0 spiro atoms. The summed E-state index contributed by atoms with van der Waals surface area (Å²) in [6.07, 6.45) is 6.28. The van der Waals surface area contributed by atoms with Crippen LogP contribution >= 0.6 is 0 Å². The normalized spacial score (nSPS) is 15.9. The number of H-pyrrole nitrogens is 1. The number of rotatable bonds is 3. The molecular formula is C26H21N7O. The molecule has 5 heterocycles. The Hall–Kier alpha value is -4.48. The van der Waals surface area contributed by atoms with Crippen molar-refractivity contribution in [2.45, 2.75) is 6.04 Å². The van der Waals surface area contributed by atoms with E-state index in [1.165, 1.54) is 0 Å². The third-order valence-electron chi connectivity index (χ3n) is 6.16. The van der Waals surface area contributed by atoms with Gasteiger partial charge in [-0.25, -0.2) is 14.5 Å². The average molecular weight is 448 g/mol. The molecule has 0 saturated carbocycles. The van der Waals surface area contributed by atoms with Crippen molar-refractivity contribution in [3.63, 3.8) is 0 Å². The number of piperazine rings is 1. The Bertz CT molecular complexity index is 1560. The molecule has 4 aromatic heterocycles.